The van der Waals surface area contributed by atoms with E-state index in [1.807, 2.05) is 54.6 Å². The second-order valence-corrected chi connectivity index (χ2v) is 7.30. The quantitative estimate of drug-likeness (QED) is 0.239. The lowest BCUT2D eigenvalue weighted by molar-refractivity contribution is -0.385. The molecule has 152 valence electrons. The number of benzene rings is 3. The van der Waals surface area contributed by atoms with Crippen LogP contribution in [0.3, 0.4) is 0 Å². The Balaban J connectivity index is 1.40. The molecule has 5 rings (SSSR count). The molecule has 0 spiro atoms. The van der Waals surface area contributed by atoms with Gasteiger partial charge in [0.15, 0.2) is 5.43 Å². The fraction of sp³-hybridized carbons (Fsp3) is 0.0800. The molecular formula is C25H17NO5. The Labute approximate surface area is 177 Å². The molecule has 2 atom stereocenters. The second-order valence-electron chi connectivity index (χ2n) is 7.30. The lowest BCUT2D eigenvalue weighted by atomic mass is 10.0. The molecule has 4 aromatic rings. The standard InChI is InChI=1S/C25H17NO5/c27-19-14-22(16-6-2-1-3-7-16)30-23(15-19)17-10-12-18(13-11-17)24-25(31-24)20-8-4-5-9-21(20)26(28)29/h1-15,24-25H/t24-,25-/m0/s1. The molecule has 6 nitrogen and oxygen atoms in total. The molecule has 1 aromatic heterocycles. The van der Waals surface area contributed by atoms with Crippen molar-refractivity contribution in [3.8, 4) is 22.6 Å². The van der Waals surface area contributed by atoms with E-state index in [4.69, 9.17) is 9.15 Å². The van der Waals surface area contributed by atoms with Crippen LogP contribution in [0.2, 0.25) is 0 Å². The van der Waals surface area contributed by atoms with Crippen LogP contribution in [0.25, 0.3) is 22.6 Å². The van der Waals surface area contributed by atoms with Crippen LogP contribution < -0.4 is 5.43 Å². The zero-order chi connectivity index (χ0) is 21.4. The van der Waals surface area contributed by atoms with Gasteiger partial charge in [-0.3, -0.25) is 14.9 Å². The number of hydrogen-bond acceptors (Lipinski definition) is 5. The minimum absolute atomic E-state index is 0.0612. The van der Waals surface area contributed by atoms with E-state index in [2.05, 4.69) is 0 Å². The Morgan fingerprint density at radius 3 is 2.03 bits per heavy atom. The van der Waals surface area contributed by atoms with Gasteiger partial charge < -0.3 is 9.15 Å². The minimum Gasteiger partial charge on any atom is -0.456 e. The van der Waals surface area contributed by atoms with Crippen molar-refractivity contribution in [3.63, 3.8) is 0 Å². The van der Waals surface area contributed by atoms with Gasteiger partial charge in [-0.25, -0.2) is 0 Å². The zero-order valence-electron chi connectivity index (χ0n) is 16.3. The van der Waals surface area contributed by atoms with Gasteiger partial charge in [-0.15, -0.1) is 0 Å². The molecular weight excluding hydrogens is 394 g/mol. The van der Waals surface area contributed by atoms with Crippen molar-refractivity contribution in [1.82, 2.24) is 0 Å². The third kappa shape index (κ3) is 3.76. The Morgan fingerprint density at radius 2 is 1.35 bits per heavy atom. The average Bonchev–Trinajstić information content (AvgIpc) is 3.60. The lowest BCUT2D eigenvalue weighted by Crippen LogP contribution is -1.98. The van der Waals surface area contributed by atoms with Gasteiger partial charge in [0, 0.05) is 29.3 Å². The van der Waals surface area contributed by atoms with Crippen LogP contribution in [0.5, 0.6) is 0 Å². The molecule has 6 heteroatoms. The summed E-state index contributed by atoms with van der Waals surface area (Å²) in [6, 6.07) is 26.5. The summed E-state index contributed by atoms with van der Waals surface area (Å²) in [6.07, 6.45) is -0.579. The van der Waals surface area contributed by atoms with E-state index in [1.54, 1.807) is 18.2 Å². The molecule has 3 aromatic carbocycles. The van der Waals surface area contributed by atoms with Crippen molar-refractivity contribution in [2.24, 2.45) is 0 Å². The monoisotopic (exact) mass is 411 g/mol. The summed E-state index contributed by atoms with van der Waals surface area (Å²) in [5, 5.41) is 11.3. The summed E-state index contributed by atoms with van der Waals surface area (Å²) in [7, 11) is 0. The van der Waals surface area contributed by atoms with Gasteiger partial charge in [-0.1, -0.05) is 66.7 Å². The third-order valence-electron chi connectivity index (χ3n) is 5.28. The first kappa shape index (κ1) is 19.0. The number of rotatable bonds is 5. The van der Waals surface area contributed by atoms with Crippen molar-refractivity contribution in [2.75, 3.05) is 0 Å². The molecule has 31 heavy (non-hydrogen) atoms. The normalized spacial score (nSPS) is 17.3. The van der Waals surface area contributed by atoms with Crippen LogP contribution in [-0.2, 0) is 4.74 Å². The van der Waals surface area contributed by atoms with Crippen LogP contribution >= 0.6 is 0 Å². The van der Waals surface area contributed by atoms with Gasteiger partial charge in [0.1, 0.15) is 23.7 Å². The molecule has 0 amide bonds. The second kappa shape index (κ2) is 7.66. The number of nitrogens with zero attached hydrogens (tertiary/aromatic N) is 1. The molecule has 0 bridgehead atoms. The van der Waals surface area contributed by atoms with E-state index in [0.29, 0.717) is 17.1 Å². The van der Waals surface area contributed by atoms with Gasteiger partial charge in [-0.05, 0) is 11.6 Å². The predicted octanol–water partition coefficient (Wildman–Crippen LogP) is 5.69. The number of ether oxygens (including phenoxy) is 1. The third-order valence-corrected chi connectivity index (χ3v) is 5.28. The van der Waals surface area contributed by atoms with Crippen molar-refractivity contribution in [1.29, 1.82) is 0 Å². The minimum atomic E-state index is -0.390. The van der Waals surface area contributed by atoms with Gasteiger partial charge in [-0.2, -0.15) is 0 Å². The molecule has 0 unspecified atom stereocenters. The largest absolute Gasteiger partial charge is 0.456 e. The van der Waals surface area contributed by atoms with Crippen molar-refractivity contribution < 1.29 is 14.1 Å². The van der Waals surface area contributed by atoms with E-state index in [0.717, 1.165) is 16.7 Å². The first-order valence-electron chi connectivity index (χ1n) is 9.80. The molecule has 0 aliphatic carbocycles. The van der Waals surface area contributed by atoms with E-state index >= 15 is 0 Å². The SMILES string of the molecule is O=c1cc(-c2ccccc2)oc(-c2ccc([C@@H]3O[C@H]3c3ccccc3[N+](=O)[O-])cc2)c1. The van der Waals surface area contributed by atoms with E-state index in [9.17, 15) is 14.9 Å². The number of para-hydroxylation sites is 1. The molecule has 1 saturated heterocycles. The Kier molecular flexibility index (Phi) is 4.69. The van der Waals surface area contributed by atoms with Gasteiger partial charge in [0.25, 0.3) is 5.69 Å². The highest BCUT2D eigenvalue weighted by atomic mass is 16.6. The summed E-state index contributed by atoms with van der Waals surface area (Å²) < 4.78 is 11.7. The van der Waals surface area contributed by atoms with Gasteiger partial charge >= 0.3 is 0 Å². The highest BCUT2D eigenvalue weighted by Crippen LogP contribution is 2.53. The number of nitro groups is 1. The topological polar surface area (TPSA) is 85.9 Å². The van der Waals surface area contributed by atoms with Crippen molar-refractivity contribution in [2.45, 2.75) is 12.2 Å². The summed E-state index contributed by atoms with van der Waals surface area (Å²) in [4.78, 5) is 23.1. The predicted molar refractivity (Wildman–Crippen MR) is 116 cm³/mol. The maximum atomic E-state index is 12.2. The summed E-state index contributed by atoms with van der Waals surface area (Å²) in [5.41, 5.74) is 3.01. The van der Waals surface area contributed by atoms with Crippen LogP contribution in [0, 0.1) is 10.1 Å². The Morgan fingerprint density at radius 1 is 0.742 bits per heavy atom. The van der Waals surface area contributed by atoms with Crippen LogP contribution in [-0.4, -0.2) is 4.92 Å². The highest BCUT2D eigenvalue weighted by Gasteiger charge is 2.44. The first-order valence-corrected chi connectivity index (χ1v) is 9.80. The Hall–Kier alpha value is -4.03. The van der Waals surface area contributed by atoms with E-state index in [1.165, 1.54) is 18.2 Å². The van der Waals surface area contributed by atoms with Crippen LogP contribution in [0.1, 0.15) is 23.3 Å². The highest BCUT2D eigenvalue weighted by molar-refractivity contribution is 5.63. The summed E-state index contributed by atoms with van der Waals surface area (Å²) in [5.74, 6) is 0.985. The molecule has 1 fully saturated rings. The maximum Gasteiger partial charge on any atom is 0.275 e. The maximum absolute atomic E-state index is 12.2. The molecule has 0 N–H and O–H groups in total. The van der Waals surface area contributed by atoms with E-state index in [-0.39, 0.29) is 28.2 Å². The van der Waals surface area contributed by atoms with E-state index < -0.39 is 0 Å². The van der Waals surface area contributed by atoms with Crippen LogP contribution in [0.15, 0.2) is 100 Å². The number of nitro benzene ring substituents is 1. The fourth-order valence-corrected chi connectivity index (χ4v) is 3.70. The summed E-state index contributed by atoms with van der Waals surface area (Å²) >= 11 is 0. The molecule has 0 saturated carbocycles. The zero-order valence-corrected chi connectivity index (χ0v) is 16.3. The average molecular weight is 411 g/mol. The fourth-order valence-electron chi connectivity index (χ4n) is 3.70. The van der Waals surface area contributed by atoms with Crippen molar-refractivity contribution >= 4 is 5.69 Å². The number of epoxide rings is 1. The lowest BCUT2D eigenvalue weighted by Gasteiger charge is -2.06. The molecule has 1 aliphatic rings. The summed E-state index contributed by atoms with van der Waals surface area (Å²) in [6.45, 7) is 0. The molecule has 2 heterocycles. The smallest absolute Gasteiger partial charge is 0.275 e. The number of hydrogen-bond donors (Lipinski definition) is 0. The Bertz CT molecular complexity index is 1310. The van der Waals surface area contributed by atoms with Gasteiger partial charge in [0.05, 0.1) is 10.5 Å². The van der Waals surface area contributed by atoms with Crippen molar-refractivity contribution in [3.05, 3.63) is 122 Å². The molecule has 0 radical (unpaired) electrons. The van der Waals surface area contributed by atoms with Crippen LogP contribution in [0.4, 0.5) is 5.69 Å². The molecule has 1 aliphatic heterocycles. The first-order chi connectivity index (χ1) is 15.1. The van der Waals surface area contributed by atoms with Gasteiger partial charge in [0.2, 0.25) is 0 Å².